The fourth-order valence-electron chi connectivity index (χ4n) is 11.9. The topological polar surface area (TPSA) is 109 Å². The summed E-state index contributed by atoms with van der Waals surface area (Å²) in [5, 5.41) is 26.1. The molecule has 0 amide bonds. The summed E-state index contributed by atoms with van der Waals surface area (Å²) in [5.41, 5.74) is 11.0. The van der Waals surface area contributed by atoms with E-state index in [2.05, 4.69) is 122 Å². The molecule has 4 unspecified atom stereocenters. The van der Waals surface area contributed by atoms with Gasteiger partial charge in [0.25, 0.3) is 0 Å². The molecular formula is C83H75BBr2O6P4Si. The van der Waals surface area contributed by atoms with Crippen LogP contribution >= 0.6 is 60.4 Å². The molecule has 0 aliphatic heterocycles. The van der Waals surface area contributed by atoms with Crippen molar-refractivity contribution in [2.75, 3.05) is 0 Å². The monoisotopic (exact) mass is 1490 g/mol. The molecule has 4 atom stereocenters. The van der Waals surface area contributed by atoms with Gasteiger partial charge < -0.3 is 19.2 Å². The van der Waals surface area contributed by atoms with Gasteiger partial charge in [0.15, 0.2) is 14.3 Å². The van der Waals surface area contributed by atoms with Crippen LogP contribution < -0.4 is 47.9 Å². The van der Waals surface area contributed by atoms with Crippen molar-refractivity contribution in [3.8, 4) is 34.5 Å². The predicted octanol–water partition coefficient (Wildman–Crippen LogP) is 17.2. The van der Waals surface area contributed by atoms with Gasteiger partial charge in [-0.2, -0.15) is 0 Å². The third-order valence-electron chi connectivity index (χ3n) is 16.7. The van der Waals surface area contributed by atoms with Crippen LogP contribution in [0.3, 0.4) is 0 Å². The van der Waals surface area contributed by atoms with Crippen LogP contribution in [0.25, 0.3) is 5.57 Å². The highest BCUT2D eigenvalue weighted by molar-refractivity contribution is 9.12. The smallest absolute Gasteiger partial charge is 0.423 e. The third kappa shape index (κ3) is 17.6. The Balaban J connectivity index is 0.000000144. The molecular weight excluding hydrogens is 1420 g/mol. The molecule has 14 heteroatoms. The van der Waals surface area contributed by atoms with Gasteiger partial charge in [0.2, 0.25) is 14.3 Å². The van der Waals surface area contributed by atoms with Crippen LogP contribution in [0.15, 0.2) is 343 Å². The van der Waals surface area contributed by atoms with Gasteiger partial charge in [-0.1, -0.05) is 363 Å². The SMILES string of the molecule is C#CP(=O)(c1ccccc1)c1ccccc1.C#C[Si](C)(C)C.O=P(C#CBr)(c1ccccc1)c1ccccc1.O=P(C1=C(Br)C2C=CC1C2)(c1ccccc1)c1ccccc1.O=P(C1=C(c2ccccc2)C2C=CC1C2)(c1ccccc1)c1ccccc1.OB(O)c1ccccc1. The first-order valence-corrected chi connectivity index (χ1v) is 43.7. The molecule has 0 aromatic heterocycles. The number of halogens is 2. The Labute approximate surface area is 591 Å². The van der Waals surface area contributed by atoms with Crippen molar-refractivity contribution in [1.29, 1.82) is 0 Å². The summed E-state index contributed by atoms with van der Waals surface area (Å²) < 4.78 is 56.1. The van der Waals surface area contributed by atoms with Crippen LogP contribution in [0, 0.1) is 58.2 Å². The molecule has 0 saturated heterocycles. The van der Waals surface area contributed by atoms with Crippen LogP contribution in [0.4, 0.5) is 0 Å². The van der Waals surface area contributed by atoms with Crippen molar-refractivity contribution < 1.29 is 28.3 Å². The normalized spacial score (nSPS) is 16.2. The summed E-state index contributed by atoms with van der Waals surface area (Å²) in [6.07, 6.45) is 21.7. The fourth-order valence-corrected chi connectivity index (χ4v) is 24.2. The zero-order valence-corrected chi connectivity index (χ0v) is 62.0. The summed E-state index contributed by atoms with van der Waals surface area (Å²) in [7, 11) is -13.8. The number of rotatable bonds is 12. The second kappa shape index (κ2) is 34.4. The first-order valence-electron chi connectivity index (χ1n) is 31.8. The second-order valence-corrected chi connectivity index (χ2v) is 40.7. The van der Waals surface area contributed by atoms with Crippen molar-refractivity contribution in [3.63, 3.8) is 0 Å². The molecule has 0 spiro atoms. The molecule has 0 fully saturated rings. The molecule has 484 valence electrons. The summed E-state index contributed by atoms with van der Waals surface area (Å²) in [6.45, 7) is 6.44. The highest BCUT2D eigenvalue weighted by atomic mass is 79.9. The van der Waals surface area contributed by atoms with Crippen LogP contribution in [-0.2, 0) is 18.3 Å². The molecule has 2 N–H and O–H groups in total. The highest BCUT2D eigenvalue weighted by Gasteiger charge is 2.47. The van der Waals surface area contributed by atoms with Gasteiger partial charge in [-0.3, -0.25) is 9.13 Å². The maximum atomic E-state index is 14.9. The van der Waals surface area contributed by atoms with Gasteiger partial charge >= 0.3 is 7.12 Å². The number of terminal acetylenes is 2. The molecule has 97 heavy (non-hydrogen) atoms. The second-order valence-electron chi connectivity index (χ2n) is 24.2. The zero-order chi connectivity index (χ0) is 68.9. The molecule has 0 saturated carbocycles. The van der Waals surface area contributed by atoms with E-state index >= 15 is 0 Å². The maximum Gasteiger partial charge on any atom is 0.488 e. The molecule has 4 aliphatic rings. The van der Waals surface area contributed by atoms with Gasteiger partial charge in [0, 0.05) is 97.1 Å². The van der Waals surface area contributed by atoms with E-state index in [-0.39, 0.29) is 5.92 Å². The Hall–Kier alpha value is -8.08. The van der Waals surface area contributed by atoms with Gasteiger partial charge in [-0.25, -0.2) is 0 Å². The van der Waals surface area contributed by atoms with Gasteiger partial charge in [0.1, 0.15) is 8.07 Å². The molecule has 10 aromatic carbocycles. The van der Waals surface area contributed by atoms with E-state index in [9.17, 15) is 18.3 Å². The van der Waals surface area contributed by atoms with Crippen molar-refractivity contribution in [2.24, 2.45) is 23.7 Å². The van der Waals surface area contributed by atoms with E-state index in [0.717, 1.165) is 59.8 Å². The number of allylic oxidation sites excluding steroid dienone is 8. The lowest BCUT2D eigenvalue weighted by Crippen LogP contribution is -2.29. The first kappa shape index (κ1) is 73.2. The molecule has 4 bridgehead atoms. The lowest BCUT2D eigenvalue weighted by Gasteiger charge is -2.27. The molecule has 10 aromatic rings. The van der Waals surface area contributed by atoms with Crippen LogP contribution in [0.1, 0.15) is 18.4 Å². The summed E-state index contributed by atoms with van der Waals surface area (Å²) in [4.78, 5) is 2.60. The minimum Gasteiger partial charge on any atom is -0.423 e. The summed E-state index contributed by atoms with van der Waals surface area (Å²) in [6, 6.07) is 96.2. The average molecular weight is 1490 g/mol. The first-order chi connectivity index (χ1) is 46.9. The maximum absolute atomic E-state index is 14.9. The average Bonchev–Trinajstić information content (AvgIpc) is 1.62. The van der Waals surface area contributed by atoms with Gasteiger partial charge in [0.05, 0.1) is 0 Å². The fraction of sp³-hybridized carbons (Fsp3) is 0.108. The molecule has 0 heterocycles. The standard InChI is InChI=1S/C25H21OP.C19H16BrOP.C14H10BrOP.C14H11OP.C6H7BO2.C5H10Si/c26-27(22-12-6-2-7-13-22,23-14-8-3-9-15-23)25-21-17-16-20(18-21)24(25)19-10-4-1-5-11-19;20-18-14-11-12-15(13-14)19(18)22(21,16-7-3-1-4-8-16)17-9-5-2-6-10-17;15-11-12-17(16,13-7-3-1-4-8-13)14-9-5-2-6-10-14;1-2-16(15,13-9-5-3-6-10-13)14-11-7-4-8-12-14;8-7(9)6-4-2-1-3-5-6;1-5-6(2,3)4/h1-17,20-21H,18H2;1-12,14-15H,13H2;1-10H;1,3-12H;1-5,8-9H;1H,2-4H3. The van der Waals surface area contributed by atoms with Gasteiger partial charge in [-0.15, -0.1) is 18.4 Å². The number of hydrogen-bond acceptors (Lipinski definition) is 6. The zero-order valence-electron chi connectivity index (χ0n) is 54.2. The Morgan fingerprint density at radius 2 is 0.660 bits per heavy atom. The lowest BCUT2D eigenvalue weighted by atomic mass is 9.81. The van der Waals surface area contributed by atoms with Crippen molar-refractivity contribution >= 4 is 129 Å². The van der Waals surface area contributed by atoms with E-state index in [1.54, 1.807) is 24.3 Å². The minimum atomic E-state index is -2.91. The number of fused-ring (bicyclic) bond motifs is 4. The predicted molar refractivity (Wildman–Crippen MR) is 424 cm³/mol. The Morgan fingerprint density at radius 3 is 0.948 bits per heavy atom. The molecule has 6 nitrogen and oxygen atoms in total. The van der Waals surface area contributed by atoms with Crippen LogP contribution in [0.5, 0.6) is 0 Å². The van der Waals surface area contributed by atoms with Crippen molar-refractivity contribution in [1.82, 2.24) is 0 Å². The van der Waals surface area contributed by atoms with E-state index < -0.39 is 43.8 Å². The summed E-state index contributed by atoms with van der Waals surface area (Å²) in [5.74, 6) is 1.33. The third-order valence-corrected chi connectivity index (χ3v) is 30.9. The number of benzene rings is 10. The summed E-state index contributed by atoms with van der Waals surface area (Å²) >= 11 is 6.79. The van der Waals surface area contributed by atoms with Gasteiger partial charge in [-0.05, 0) is 45.6 Å². The van der Waals surface area contributed by atoms with Crippen LogP contribution in [-0.4, -0.2) is 25.2 Å². The Bertz CT molecular complexity index is 4540. The Kier molecular flexibility index (Phi) is 26.0. The van der Waals surface area contributed by atoms with Crippen molar-refractivity contribution in [2.45, 2.75) is 32.5 Å². The van der Waals surface area contributed by atoms with Crippen LogP contribution in [0.2, 0.25) is 19.6 Å². The molecule has 4 aliphatic carbocycles. The largest absolute Gasteiger partial charge is 0.488 e. The highest BCUT2D eigenvalue weighted by Crippen LogP contribution is 2.66. The Morgan fingerprint density at radius 1 is 0.392 bits per heavy atom. The number of hydrogen-bond donors (Lipinski definition) is 2. The molecule has 0 radical (unpaired) electrons. The van der Waals surface area contributed by atoms with E-state index in [1.165, 1.54) is 11.1 Å². The van der Waals surface area contributed by atoms with E-state index in [4.69, 9.17) is 22.9 Å². The van der Waals surface area contributed by atoms with Crippen molar-refractivity contribution in [3.05, 3.63) is 348 Å². The van der Waals surface area contributed by atoms with E-state index in [1.807, 2.05) is 255 Å². The molecule has 14 rings (SSSR count). The minimum absolute atomic E-state index is 0.261. The lowest BCUT2D eigenvalue weighted by molar-refractivity contribution is 0.425. The van der Waals surface area contributed by atoms with E-state index in [0.29, 0.717) is 33.8 Å². The quantitative estimate of drug-likeness (QED) is 0.0546.